The van der Waals surface area contributed by atoms with E-state index in [2.05, 4.69) is 10.00 Å². The number of nitrogens with one attached hydrogen (secondary N) is 1. The molecule has 0 aromatic carbocycles. The Morgan fingerprint density at radius 1 is 1.48 bits per heavy atom. The van der Waals surface area contributed by atoms with Gasteiger partial charge in [-0.25, -0.2) is 0 Å². The van der Waals surface area contributed by atoms with Crippen molar-refractivity contribution in [1.82, 2.24) is 9.89 Å². The monoisotopic (exact) mass is 297 g/mol. The first kappa shape index (κ1) is 17.5. The molecule has 1 aromatic rings. The molecule has 1 aliphatic heterocycles. The minimum absolute atomic E-state index is 0.00236. The highest BCUT2D eigenvalue weighted by molar-refractivity contribution is 5.38. The van der Waals surface area contributed by atoms with Crippen LogP contribution in [-0.4, -0.2) is 48.4 Å². The standard InChI is InChI=1S/C12H21N5O2.C2H6/c1-12(2)8-16(6-9(19-12)7-18-3)11-5-4-10(13)17(14)15-11;1-2/h4-5,9,13H,6-8,14H2,1-3H3;1-2H3. The van der Waals surface area contributed by atoms with Gasteiger partial charge in [-0.2, -0.15) is 4.79 Å². The highest BCUT2D eigenvalue weighted by atomic mass is 16.5. The van der Waals surface area contributed by atoms with E-state index >= 15 is 0 Å². The Labute approximate surface area is 126 Å². The predicted molar refractivity (Wildman–Crippen MR) is 82.6 cm³/mol. The van der Waals surface area contributed by atoms with Gasteiger partial charge in [-0.3, -0.25) is 5.41 Å². The van der Waals surface area contributed by atoms with E-state index in [-0.39, 0.29) is 17.2 Å². The Morgan fingerprint density at radius 3 is 2.71 bits per heavy atom. The predicted octanol–water partition coefficient (Wildman–Crippen LogP) is 0.733. The van der Waals surface area contributed by atoms with Gasteiger partial charge in [0.05, 0.1) is 18.3 Å². The summed E-state index contributed by atoms with van der Waals surface area (Å²) in [7, 11) is 1.66. The zero-order valence-electron chi connectivity index (χ0n) is 13.6. The average molecular weight is 297 g/mol. The summed E-state index contributed by atoms with van der Waals surface area (Å²) >= 11 is 0. The lowest BCUT2D eigenvalue weighted by atomic mass is 10.1. The van der Waals surface area contributed by atoms with Gasteiger partial charge in [-0.15, -0.1) is 5.10 Å². The number of nitrogens with zero attached hydrogens (tertiary/aromatic N) is 3. The van der Waals surface area contributed by atoms with Crippen molar-refractivity contribution in [1.29, 1.82) is 5.41 Å². The van der Waals surface area contributed by atoms with Crippen LogP contribution in [0.15, 0.2) is 12.1 Å². The number of aromatic nitrogens is 2. The number of hydrogen-bond acceptors (Lipinski definition) is 6. The van der Waals surface area contributed by atoms with E-state index in [4.69, 9.17) is 20.7 Å². The number of rotatable bonds is 3. The molecule has 1 aromatic heterocycles. The quantitative estimate of drug-likeness (QED) is 0.803. The molecule has 7 nitrogen and oxygen atoms in total. The second-order valence-electron chi connectivity index (χ2n) is 5.36. The Kier molecular flexibility index (Phi) is 6.17. The van der Waals surface area contributed by atoms with Crippen LogP contribution in [0.4, 0.5) is 5.82 Å². The van der Waals surface area contributed by atoms with Crippen molar-refractivity contribution in [3.63, 3.8) is 0 Å². The maximum absolute atomic E-state index is 7.53. The maximum Gasteiger partial charge on any atom is 0.164 e. The minimum Gasteiger partial charge on any atom is -0.382 e. The lowest BCUT2D eigenvalue weighted by Crippen LogP contribution is -2.54. The van der Waals surface area contributed by atoms with Crippen LogP contribution in [0, 0.1) is 5.41 Å². The van der Waals surface area contributed by atoms with E-state index in [1.165, 1.54) is 0 Å². The van der Waals surface area contributed by atoms with Gasteiger partial charge in [0, 0.05) is 20.2 Å². The van der Waals surface area contributed by atoms with Crippen LogP contribution in [0.25, 0.3) is 0 Å². The molecule has 1 unspecified atom stereocenters. The van der Waals surface area contributed by atoms with Gasteiger partial charge >= 0.3 is 0 Å². The first-order chi connectivity index (χ1) is 9.91. The van der Waals surface area contributed by atoms with Crippen molar-refractivity contribution in [3.8, 4) is 0 Å². The number of ether oxygens (including phenoxy) is 2. The van der Waals surface area contributed by atoms with Crippen molar-refractivity contribution in [2.24, 2.45) is 0 Å². The minimum atomic E-state index is -0.276. The van der Waals surface area contributed by atoms with Gasteiger partial charge in [0.25, 0.3) is 0 Å². The summed E-state index contributed by atoms with van der Waals surface area (Å²) in [5.41, 5.74) is -0.105. The van der Waals surface area contributed by atoms with Crippen LogP contribution in [0.2, 0.25) is 0 Å². The van der Waals surface area contributed by atoms with Crippen LogP contribution in [0.1, 0.15) is 27.7 Å². The molecule has 0 amide bonds. The third-order valence-corrected chi connectivity index (χ3v) is 3.01. The molecule has 0 aliphatic carbocycles. The molecular formula is C14H27N5O2. The Hall–Kier alpha value is -1.60. The van der Waals surface area contributed by atoms with Crippen molar-refractivity contribution in [2.75, 3.05) is 37.5 Å². The number of nitrogens with two attached hydrogens (primary N) is 1. The number of nitrogen functional groups attached to an aromatic ring is 1. The molecule has 1 fully saturated rings. The molecule has 1 atom stereocenters. The third-order valence-electron chi connectivity index (χ3n) is 3.01. The normalized spacial score (nSPS) is 20.6. The third kappa shape index (κ3) is 4.71. The van der Waals surface area contributed by atoms with E-state index in [1.807, 2.05) is 27.7 Å². The van der Waals surface area contributed by atoms with Crippen molar-refractivity contribution >= 4 is 5.82 Å². The molecule has 1 aliphatic rings. The van der Waals surface area contributed by atoms with E-state index in [0.717, 1.165) is 17.2 Å². The summed E-state index contributed by atoms with van der Waals surface area (Å²) < 4.78 is 11.1. The molecule has 21 heavy (non-hydrogen) atoms. The lowest BCUT2D eigenvalue weighted by Gasteiger charge is -2.43. The number of morpholine rings is 1. The molecule has 0 saturated carbocycles. The largest absolute Gasteiger partial charge is 0.382 e. The maximum atomic E-state index is 7.53. The Bertz CT molecular complexity index is 500. The van der Waals surface area contributed by atoms with Crippen molar-refractivity contribution < 1.29 is 9.47 Å². The van der Waals surface area contributed by atoms with E-state index in [0.29, 0.717) is 13.2 Å². The molecule has 0 bridgehead atoms. The van der Waals surface area contributed by atoms with Crippen LogP contribution in [0.5, 0.6) is 0 Å². The van der Waals surface area contributed by atoms with Crippen LogP contribution >= 0.6 is 0 Å². The first-order valence-corrected chi connectivity index (χ1v) is 7.23. The molecule has 1 saturated heterocycles. The zero-order chi connectivity index (χ0) is 16.0. The van der Waals surface area contributed by atoms with Crippen LogP contribution in [0.3, 0.4) is 0 Å². The van der Waals surface area contributed by atoms with Crippen LogP contribution < -0.4 is 16.2 Å². The highest BCUT2D eigenvalue weighted by Gasteiger charge is 2.34. The van der Waals surface area contributed by atoms with E-state index < -0.39 is 0 Å². The highest BCUT2D eigenvalue weighted by Crippen LogP contribution is 2.24. The molecular weight excluding hydrogens is 270 g/mol. The van der Waals surface area contributed by atoms with Gasteiger partial charge in [-0.1, -0.05) is 13.8 Å². The second-order valence-corrected chi connectivity index (χ2v) is 5.36. The summed E-state index contributed by atoms with van der Waals surface area (Å²) in [6.45, 7) is 10.0. The number of anilines is 1. The summed E-state index contributed by atoms with van der Waals surface area (Å²) in [6, 6.07) is 3.44. The van der Waals surface area contributed by atoms with Gasteiger partial charge in [0.15, 0.2) is 11.3 Å². The lowest BCUT2D eigenvalue weighted by molar-refractivity contribution is -0.106. The molecule has 2 rings (SSSR count). The summed E-state index contributed by atoms with van der Waals surface area (Å²) in [5.74, 6) is 6.37. The van der Waals surface area contributed by atoms with Gasteiger partial charge in [0.2, 0.25) is 0 Å². The summed E-state index contributed by atoms with van der Waals surface area (Å²) in [4.78, 5) is 3.18. The fourth-order valence-electron chi connectivity index (χ4n) is 2.34. The zero-order valence-corrected chi connectivity index (χ0v) is 13.6. The molecule has 0 spiro atoms. The fraction of sp³-hybridized carbons (Fsp3) is 0.714. The Morgan fingerprint density at radius 2 is 2.14 bits per heavy atom. The fourth-order valence-corrected chi connectivity index (χ4v) is 2.34. The molecule has 0 radical (unpaired) electrons. The topological polar surface area (TPSA) is 89.4 Å². The summed E-state index contributed by atoms with van der Waals surface area (Å²) in [6.07, 6.45) is -0.00236. The van der Waals surface area contributed by atoms with Crippen LogP contribution in [-0.2, 0) is 9.47 Å². The molecule has 3 N–H and O–H groups in total. The van der Waals surface area contributed by atoms with Gasteiger partial charge in [0.1, 0.15) is 0 Å². The number of hydrogen-bond donors (Lipinski definition) is 2. The van der Waals surface area contributed by atoms with Crippen molar-refractivity contribution in [3.05, 3.63) is 17.6 Å². The molecule has 7 heteroatoms. The second kappa shape index (κ2) is 7.42. The smallest absolute Gasteiger partial charge is 0.164 e. The van der Waals surface area contributed by atoms with E-state index in [9.17, 15) is 0 Å². The van der Waals surface area contributed by atoms with Gasteiger partial charge in [-0.05, 0) is 26.0 Å². The molecule has 2 heterocycles. The van der Waals surface area contributed by atoms with E-state index in [1.54, 1.807) is 19.2 Å². The average Bonchev–Trinajstić information content (AvgIpc) is 2.43. The summed E-state index contributed by atoms with van der Waals surface area (Å²) in [5, 5.41) is 11.7. The SMILES string of the molecule is CC.COCC1CN(c2ccc(=N)n(N)n2)CC(C)(C)O1. The first-order valence-electron chi connectivity index (χ1n) is 7.23. The van der Waals surface area contributed by atoms with Gasteiger partial charge < -0.3 is 20.2 Å². The van der Waals surface area contributed by atoms with Crippen molar-refractivity contribution in [2.45, 2.75) is 39.4 Å². The number of methoxy groups -OCH3 is 1. The Balaban J connectivity index is 0.00000106. The molecule has 120 valence electrons.